The van der Waals surface area contributed by atoms with Crippen molar-refractivity contribution in [3.8, 4) is 28.6 Å². The molecule has 152 valence electrons. The van der Waals surface area contributed by atoms with Crippen LogP contribution in [0.15, 0.2) is 65.2 Å². The highest BCUT2D eigenvalue weighted by Gasteiger charge is 2.20. The molecule has 6 nitrogen and oxygen atoms in total. The average Bonchev–Trinajstić information content (AvgIpc) is 3.22. The number of hydrogen-bond acceptors (Lipinski definition) is 6. The highest BCUT2D eigenvalue weighted by molar-refractivity contribution is 6.01. The molecule has 2 aromatic carbocycles. The molecule has 0 spiro atoms. The second-order valence-corrected chi connectivity index (χ2v) is 6.69. The van der Waals surface area contributed by atoms with Crippen molar-refractivity contribution in [1.29, 1.82) is 0 Å². The number of fused-ring (bicyclic) bond motifs is 1. The van der Waals surface area contributed by atoms with Crippen molar-refractivity contribution < 1.29 is 23.4 Å². The van der Waals surface area contributed by atoms with Gasteiger partial charge in [-0.2, -0.15) is 0 Å². The predicted molar refractivity (Wildman–Crippen MR) is 114 cm³/mol. The molecule has 0 N–H and O–H groups in total. The minimum atomic E-state index is -0.0755. The van der Waals surface area contributed by atoms with E-state index in [1.54, 1.807) is 25.4 Å². The van der Waals surface area contributed by atoms with Crippen molar-refractivity contribution in [2.75, 3.05) is 21.3 Å². The van der Waals surface area contributed by atoms with Crippen molar-refractivity contribution in [1.82, 2.24) is 4.98 Å². The molecule has 0 amide bonds. The van der Waals surface area contributed by atoms with Gasteiger partial charge >= 0.3 is 0 Å². The van der Waals surface area contributed by atoms with Crippen LogP contribution in [0.4, 0.5) is 0 Å². The maximum Gasteiger partial charge on any atom is 0.226 e. The van der Waals surface area contributed by atoms with E-state index in [4.69, 9.17) is 18.6 Å². The first-order valence-electron chi connectivity index (χ1n) is 9.40. The predicted octanol–water partition coefficient (Wildman–Crippen LogP) is 4.95. The van der Waals surface area contributed by atoms with E-state index < -0.39 is 0 Å². The fourth-order valence-electron chi connectivity index (χ4n) is 3.40. The quantitative estimate of drug-likeness (QED) is 0.407. The number of nitrogens with zero attached hydrogens (tertiary/aromatic N) is 1. The third-order valence-electron chi connectivity index (χ3n) is 4.90. The molecular formula is C24H21NO5. The summed E-state index contributed by atoms with van der Waals surface area (Å²) in [6, 6.07) is 16.9. The maximum atomic E-state index is 12.9. The zero-order valence-corrected chi connectivity index (χ0v) is 17.0. The number of carbonyl (C=O) groups excluding carboxylic acids is 1. The molecule has 0 radical (unpaired) electrons. The van der Waals surface area contributed by atoms with Crippen LogP contribution in [0.2, 0.25) is 0 Å². The van der Waals surface area contributed by atoms with Crippen molar-refractivity contribution in [3.63, 3.8) is 0 Å². The van der Waals surface area contributed by atoms with Crippen LogP contribution in [-0.2, 0) is 6.42 Å². The lowest BCUT2D eigenvalue weighted by Crippen LogP contribution is -2.07. The second kappa shape index (κ2) is 8.29. The molecule has 4 rings (SSSR count). The first-order chi connectivity index (χ1) is 14.6. The van der Waals surface area contributed by atoms with Gasteiger partial charge in [-0.15, -0.1) is 0 Å². The molecule has 6 heteroatoms. The number of pyridine rings is 1. The van der Waals surface area contributed by atoms with Gasteiger partial charge in [0.25, 0.3) is 0 Å². The number of ether oxygens (including phenoxy) is 3. The number of rotatable bonds is 7. The summed E-state index contributed by atoms with van der Waals surface area (Å²) in [5, 5.41) is 0.951. The molecule has 0 unspecified atom stereocenters. The van der Waals surface area contributed by atoms with Gasteiger partial charge in [-0.05, 0) is 35.9 Å². The van der Waals surface area contributed by atoms with Crippen LogP contribution in [0.3, 0.4) is 0 Å². The molecule has 2 aromatic heterocycles. The molecular weight excluding hydrogens is 382 g/mol. The lowest BCUT2D eigenvalue weighted by atomic mass is 10.00. The Morgan fingerprint density at radius 2 is 1.70 bits per heavy atom. The van der Waals surface area contributed by atoms with Gasteiger partial charge in [0, 0.05) is 23.6 Å². The van der Waals surface area contributed by atoms with E-state index in [1.807, 2.05) is 42.5 Å². The molecule has 0 fully saturated rings. The largest absolute Gasteiger partial charge is 0.493 e. The molecule has 4 aromatic rings. The Labute approximate surface area is 174 Å². The smallest absolute Gasteiger partial charge is 0.226 e. The number of hydrogen-bond donors (Lipinski definition) is 0. The zero-order chi connectivity index (χ0) is 21.1. The van der Waals surface area contributed by atoms with Gasteiger partial charge in [0.2, 0.25) is 11.5 Å². The van der Waals surface area contributed by atoms with Gasteiger partial charge in [0.15, 0.2) is 17.3 Å². The first kappa shape index (κ1) is 19.5. The summed E-state index contributed by atoms with van der Waals surface area (Å²) >= 11 is 0. The van der Waals surface area contributed by atoms with Crippen LogP contribution in [0.5, 0.6) is 17.2 Å². The summed E-state index contributed by atoms with van der Waals surface area (Å²) in [6.07, 6.45) is 1.93. The lowest BCUT2D eigenvalue weighted by Gasteiger charge is -2.15. The van der Waals surface area contributed by atoms with Crippen molar-refractivity contribution in [2.24, 2.45) is 0 Å². The zero-order valence-electron chi connectivity index (χ0n) is 17.0. The topological polar surface area (TPSA) is 70.8 Å². The van der Waals surface area contributed by atoms with Crippen LogP contribution in [0, 0.1) is 0 Å². The van der Waals surface area contributed by atoms with Gasteiger partial charge < -0.3 is 18.6 Å². The van der Waals surface area contributed by atoms with Crippen molar-refractivity contribution in [2.45, 2.75) is 6.42 Å². The minimum Gasteiger partial charge on any atom is -0.493 e. The Morgan fingerprint density at radius 1 is 0.933 bits per heavy atom. The molecule has 0 aliphatic heterocycles. The number of ketones is 1. The van der Waals surface area contributed by atoms with Crippen molar-refractivity contribution in [3.05, 3.63) is 71.9 Å². The van der Waals surface area contributed by atoms with Crippen LogP contribution < -0.4 is 14.2 Å². The molecule has 0 saturated carbocycles. The number of Topliss-reactive ketones (excluding diaryl/α,β-unsaturated/α-hetero) is 1. The molecule has 30 heavy (non-hydrogen) atoms. The van der Waals surface area contributed by atoms with Crippen LogP contribution in [0.25, 0.3) is 22.4 Å². The van der Waals surface area contributed by atoms with Crippen LogP contribution >= 0.6 is 0 Å². The van der Waals surface area contributed by atoms with E-state index in [0.29, 0.717) is 28.5 Å². The van der Waals surface area contributed by atoms with Gasteiger partial charge in [0.05, 0.1) is 26.9 Å². The minimum absolute atomic E-state index is 0.0755. The fourth-order valence-corrected chi connectivity index (χ4v) is 3.40. The lowest BCUT2D eigenvalue weighted by molar-refractivity contribution is 0.0989. The molecule has 0 atom stereocenters. The van der Waals surface area contributed by atoms with E-state index in [-0.39, 0.29) is 12.2 Å². The molecule has 0 bridgehead atoms. The Morgan fingerprint density at radius 3 is 2.37 bits per heavy atom. The Kier molecular flexibility index (Phi) is 5.39. The van der Waals surface area contributed by atoms with Gasteiger partial charge in [-0.3, -0.25) is 4.79 Å². The van der Waals surface area contributed by atoms with E-state index in [2.05, 4.69) is 4.98 Å². The average molecular weight is 403 g/mol. The Balaban J connectivity index is 1.57. The summed E-state index contributed by atoms with van der Waals surface area (Å²) in [7, 11) is 4.56. The van der Waals surface area contributed by atoms with Gasteiger partial charge in [0.1, 0.15) is 5.76 Å². The monoisotopic (exact) mass is 403 g/mol. The molecule has 0 saturated heterocycles. The highest BCUT2D eigenvalue weighted by atomic mass is 16.5. The Bertz CT molecular complexity index is 1160. The van der Waals surface area contributed by atoms with Crippen LogP contribution in [0.1, 0.15) is 15.9 Å². The number of benzene rings is 2. The number of methoxy groups -OCH3 is 3. The summed E-state index contributed by atoms with van der Waals surface area (Å²) in [5.74, 6) is 1.94. The van der Waals surface area contributed by atoms with E-state index in [9.17, 15) is 4.79 Å². The summed E-state index contributed by atoms with van der Waals surface area (Å²) in [6.45, 7) is 0. The van der Waals surface area contributed by atoms with Gasteiger partial charge in [-0.25, -0.2) is 4.98 Å². The van der Waals surface area contributed by atoms with Crippen molar-refractivity contribution >= 4 is 16.9 Å². The number of furan rings is 1. The second-order valence-electron chi connectivity index (χ2n) is 6.69. The Hall–Kier alpha value is -3.80. The fraction of sp³-hybridized carbons (Fsp3) is 0.167. The normalized spacial score (nSPS) is 10.8. The third kappa shape index (κ3) is 3.59. The standard InChI is InChI=1S/C24H21NO5/c1-27-20-11-10-18(22(28-2)23(20)29-3)19(26)13-15-6-8-16(9-7-15)21-14-17-5-4-12-25-24(17)30-21/h4-12,14H,13H2,1-3H3. The summed E-state index contributed by atoms with van der Waals surface area (Å²) in [4.78, 5) is 17.1. The van der Waals surface area contributed by atoms with E-state index in [1.165, 1.54) is 14.2 Å². The van der Waals surface area contributed by atoms with E-state index >= 15 is 0 Å². The first-order valence-corrected chi connectivity index (χ1v) is 9.40. The third-order valence-corrected chi connectivity index (χ3v) is 4.90. The highest BCUT2D eigenvalue weighted by Crippen LogP contribution is 2.40. The van der Waals surface area contributed by atoms with Gasteiger partial charge in [-0.1, -0.05) is 24.3 Å². The molecule has 0 aliphatic rings. The summed E-state index contributed by atoms with van der Waals surface area (Å²) < 4.78 is 21.9. The molecule has 0 aliphatic carbocycles. The number of carbonyl (C=O) groups is 1. The SMILES string of the molecule is COc1ccc(C(=O)Cc2ccc(-c3cc4cccnc4o3)cc2)c(OC)c1OC. The van der Waals surface area contributed by atoms with Crippen LogP contribution in [-0.4, -0.2) is 32.1 Å². The maximum absolute atomic E-state index is 12.9. The summed E-state index contributed by atoms with van der Waals surface area (Å²) in [5.41, 5.74) is 2.86. The molecule has 2 heterocycles. The number of aromatic nitrogens is 1. The van der Waals surface area contributed by atoms with E-state index in [0.717, 1.165) is 22.3 Å².